The number of methoxy groups -OCH3 is 1. The van der Waals surface area contributed by atoms with Crippen LogP contribution >= 0.6 is 0 Å². The van der Waals surface area contributed by atoms with Gasteiger partial charge in [-0.1, -0.05) is 56.9 Å². The van der Waals surface area contributed by atoms with Gasteiger partial charge in [-0.25, -0.2) is 0 Å². The van der Waals surface area contributed by atoms with Crippen LogP contribution in [-0.2, 0) is 0 Å². The molecule has 150 valence electrons. The molecule has 3 nitrogen and oxygen atoms in total. The van der Waals surface area contributed by atoms with E-state index in [1.54, 1.807) is 7.11 Å². The number of unbranched alkanes of at least 4 members (excludes halogenated alkanes) is 2. The van der Waals surface area contributed by atoms with Gasteiger partial charge < -0.3 is 4.74 Å². The highest BCUT2D eigenvalue weighted by atomic mass is 16.5. The van der Waals surface area contributed by atoms with E-state index in [1.165, 1.54) is 38.5 Å². The maximum atomic E-state index is 9.89. The molecule has 0 N–H and O–H groups in total. The van der Waals surface area contributed by atoms with Gasteiger partial charge in [-0.3, -0.25) is 0 Å². The van der Waals surface area contributed by atoms with Crippen molar-refractivity contribution >= 4 is 0 Å². The van der Waals surface area contributed by atoms with Gasteiger partial charge in [-0.05, 0) is 60.8 Å². The Bertz CT molecular complexity index is 894. The standard InChI is InChI=1S/C26H30N2O/c1-3-4-5-6-19-7-9-20(10-8-19)23-15-16-24(26(18-28)25(23)17-27)21-11-13-22(29-2)14-12-21/h11-16,19-20H,3-10H2,1-2H3. The number of hydrogen-bond donors (Lipinski definition) is 0. The summed E-state index contributed by atoms with van der Waals surface area (Å²) < 4.78 is 5.23. The van der Waals surface area contributed by atoms with Crippen LogP contribution in [0.3, 0.4) is 0 Å². The minimum absolute atomic E-state index is 0.393. The predicted octanol–water partition coefficient (Wildman–Crippen LogP) is 6.96. The van der Waals surface area contributed by atoms with E-state index >= 15 is 0 Å². The van der Waals surface area contributed by atoms with E-state index in [0.29, 0.717) is 17.0 Å². The fourth-order valence-electron chi connectivity index (χ4n) is 4.65. The summed E-state index contributed by atoms with van der Waals surface area (Å²) in [7, 11) is 1.64. The summed E-state index contributed by atoms with van der Waals surface area (Å²) in [5, 5.41) is 19.7. The number of benzene rings is 2. The second-order valence-corrected chi connectivity index (χ2v) is 8.12. The molecular weight excluding hydrogens is 356 g/mol. The molecule has 0 radical (unpaired) electrons. The summed E-state index contributed by atoms with van der Waals surface area (Å²) >= 11 is 0. The van der Waals surface area contributed by atoms with Crippen molar-refractivity contribution in [3.8, 4) is 29.0 Å². The quantitative estimate of drug-likeness (QED) is 0.483. The van der Waals surface area contributed by atoms with Crippen LogP contribution in [0.4, 0.5) is 0 Å². The first-order valence-corrected chi connectivity index (χ1v) is 10.8. The molecule has 1 aliphatic rings. The van der Waals surface area contributed by atoms with Crippen molar-refractivity contribution in [3.05, 3.63) is 53.1 Å². The molecule has 1 saturated carbocycles. The Morgan fingerprint density at radius 1 is 0.897 bits per heavy atom. The van der Waals surface area contributed by atoms with Crippen LogP contribution in [0.15, 0.2) is 36.4 Å². The first kappa shape index (κ1) is 20.9. The third-order valence-corrected chi connectivity index (χ3v) is 6.36. The summed E-state index contributed by atoms with van der Waals surface area (Å²) in [6, 6.07) is 16.4. The monoisotopic (exact) mass is 386 g/mol. The van der Waals surface area contributed by atoms with Gasteiger partial charge in [0, 0.05) is 5.56 Å². The van der Waals surface area contributed by atoms with Crippen LogP contribution < -0.4 is 4.74 Å². The first-order chi connectivity index (χ1) is 14.2. The third-order valence-electron chi connectivity index (χ3n) is 6.36. The fraction of sp³-hybridized carbons (Fsp3) is 0.462. The Kier molecular flexibility index (Phi) is 7.31. The summed E-state index contributed by atoms with van der Waals surface area (Å²) in [6.07, 6.45) is 10.0. The molecule has 0 atom stereocenters. The molecule has 3 rings (SSSR count). The molecule has 2 aromatic rings. The smallest absolute Gasteiger partial charge is 0.118 e. The maximum absolute atomic E-state index is 9.89. The van der Waals surface area contributed by atoms with Crippen molar-refractivity contribution in [2.24, 2.45) is 5.92 Å². The lowest BCUT2D eigenvalue weighted by atomic mass is 9.75. The molecule has 0 aromatic heterocycles. The van der Waals surface area contributed by atoms with E-state index in [-0.39, 0.29) is 0 Å². The number of nitriles is 2. The zero-order valence-electron chi connectivity index (χ0n) is 17.6. The summed E-state index contributed by atoms with van der Waals surface area (Å²) in [6.45, 7) is 2.25. The number of hydrogen-bond acceptors (Lipinski definition) is 3. The molecule has 0 heterocycles. The Morgan fingerprint density at radius 3 is 2.17 bits per heavy atom. The Balaban J connectivity index is 1.82. The normalized spacial score (nSPS) is 18.6. The average molecular weight is 387 g/mol. The van der Waals surface area contributed by atoms with Crippen LogP contribution in [0.1, 0.15) is 80.9 Å². The van der Waals surface area contributed by atoms with Crippen molar-refractivity contribution in [2.45, 2.75) is 64.2 Å². The van der Waals surface area contributed by atoms with E-state index in [2.05, 4.69) is 25.1 Å². The number of rotatable bonds is 7. The molecule has 0 aliphatic heterocycles. The Labute approximate surface area is 174 Å². The lowest BCUT2D eigenvalue weighted by molar-refractivity contribution is 0.302. The van der Waals surface area contributed by atoms with Crippen LogP contribution in [0.25, 0.3) is 11.1 Å². The molecule has 0 bridgehead atoms. The van der Waals surface area contributed by atoms with Gasteiger partial charge in [-0.2, -0.15) is 10.5 Å². The van der Waals surface area contributed by atoms with Crippen molar-refractivity contribution in [1.82, 2.24) is 0 Å². The zero-order chi connectivity index (χ0) is 20.6. The van der Waals surface area contributed by atoms with Gasteiger partial charge in [0.15, 0.2) is 0 Å². The van der Waals surface area contributed by atoms with Gasteiger partial charge in [0.2, 0.25) is 0 Å². The van der Waals surface area contributed by atoms with Crippen molar-refractivity contribution in [1.29, 1.82) is 10.5 Å². The van der Waals surface area contributed by atoms with Gasteiger partial charge in [-0.15, -0.1) is 0 Å². The fourth-order valence-corrected chi connectivity index (χ4v) is 4.65. The summed E-state index contributed by atoms with van der Waals surface area (Å²) in [5.74, 6) is 2.00. The Hall–Kier alpha value is -2.78. The number of nitrogens with zero attached hydrogens (tertiary/aromatic N) is 2. The zero-order valence-corrected chi connectivity index (χ0v) is 17.6. The van der Waals surface area contributed by atoms with E-state index < -0.39 is 0 Å². The van der Waals surface area contributed by atoms with E-state index in [9.17, 15) is 10.5 Å². The van der Waals surface area contributed by atoms with E-state index in [4.69, 9.17) is 4.74 Å². The molecule has 0 saturated heterocycles. The van der Waals surface area contributed by atoms with Gasteiger partial charge >= 0.3 is 0 Å². The van der Waals surface area contributed by atoms with E-state index in [1.807, 2.05) is 30.3 Å². The molecule has 3 heteroatoms. The predicted molar refractivity (Wildman–Crippen MR) is 117 cm³/mol. The highest BCUT2D eigenvalue weighted by Crippen LogP contribution is 2.41. The van der Waals surface area contributed by atoms with Gasteiger partial charge in [0.1, 0.15) is 17.9 Å². The molecule has 0 spiro atoms. The highest BCUT2D eigenvalue weighted by Gasteiger charge is 2.26. The lowest BCUT2D eigenvalue weighted by Gasteiger charge is -2.29. The maximum Gasteiger partial charge on any atom is 0.118 e. The average Bonchev–Trinajstić information content (AvgIpc) is 2.78. The van der Waals surface area contributed by atoms with Crippen LogP contribution in [0.2, 0.25) is 0 Å². The van der Waals surface area contributed by atoms with Crippen molar-refractivity contribution in [3.63, 3.8) is 0 Å². The lowest BCUT2D eigenvalue weighted by Crippen LogP contribution is -2.15. The topological polar surface area (TPSA) is 56.8 Å². The second kappa shape index (κ2) is 10.1. The molecule has 0 amide bonds. The molecule has 29 heavy (non-hydrogen) atoms. The largest absolute Gasteiger partial charge is 0.497 e. The minimum atomic E-state index is 0.393. The first-order valence-electron chi connectivity index (χ1n) is 10.8. The summed E-state index contributed by atoms with van der Waals surface area (Å²) in [4.78, 5) is 0. The number of ether oxygens (including phenoxy) is 1. The van der Waals surface area contributed by atoms with Crippen LogP contribution in [0.5, 0.6) is 5.75 Å². The van der Waals surface area contributed by atoms with Crippen LogP contribution in [-0.4, -0.2) is 7.11 Å². The molecule has 0 unspecified atom stereocenters. The Morgan fingerprint density at radius 2 is 1.59 bits per heavy atom. The third kappa shape index (κ3) is 4.80. The highest BCUT2D eigenvalue weighted by molar-refractivity contribution is 5.75. The molecule has 1 aliphatic carbocycles. The van der Waals surface area contributed by atoms with Gasteiger partial charge in [0.25, 0.3) is 0 Å². The van der Waals surface area contributed by atoms with Crippen molar-refractivity contribution < 1.29 is 4.74 Å². The minimum Gasteiger partial charge on any atom is -0.497 e. The summed E-state index contributed by atoms with van der Waals surface area (Å²) in [5.41, 5.74) is 3.89. The van der Waals surface area contributed by atoms with Gasteiger partial charge in [0.05, 0.1) is 18.2 Å². The van der Waals surface area contributed by atoms with Crippen molar-refractivity contribution in [2.75, 3.05) is 7.11 Å². The van der Waals surface area contributed by atoms with Crippen LogP contribution in [0, 0.1) is 28.6 Å². The SMILES string of the molecule is CCCCCC1CCC(c2ccc(-c3ccc(OC)cc3)c(C#N)c2C#N)CC1. The molecule has 1 fully saturated rings. The molecule has 2 aromatic carbocycles. The second-order valence-electron chi connectivity index (χ2n) is 8.12. The molecular formula is C26H30N2O. The van der Waals surface area contributed by atoms with E-state index in [0.717, 1.165) is 41.2 Å².